The van der Waals surface area contributed by atoms with Crippen LogP contribution in [0.15, 0.2) is 29.2 Å². The first kappa shape index (κ1) is 16.6. The summed E-state index contributed by atoms with van der Waals surface area (Å²) in [7, 11) is -2.33. The Bertz CT molecular complexity index is 577. The lowest BCUT2D eigenvalue weighted by Crippen LogP contribution is -2.47. The molecular formula is C13H19NO5S. The molecule has 0 aliphatic heterocycles. The van der Waals surface area contributed by atoms with Crippen molar-refractivity contribution in [2.75, 3.05) is 13.7 Å². The van der Waals surface area contributed by atoms with Crippen LogP contribution in [0.5, 0.6) is 0 Å². The number of aliphatic hydroxyl groups is 1. The standard InChI is InChI=1S/C13H19NO5S/c1-13(2,9-15)14(3)20(18,19)11-6-4-10(5-7-11)8-12(16)17/h4-7,15H,8-9H2,1-3H3,(H,16,17). The van der Waals surface area contributed by atoms with Gasteiger partial charge in [-0.25, -0.2) is 8.42 Å². The molecule has 0 saturated carbocycles. The molecule has 20 heavy (non-hydrogen) atoms. The van der Waals surface area contributed by atoms with E-state index in [1.807, 2.05) is 0 Å². The predicted octanol–water partition coefficient (Wildman–Crippen LogP) is 0.705. The van der Waals surface area contributed by atoms with Crippen LogP contribution < -0.4 is 0 Å². The number of benzene rings is 1. The van der Waals surface area contributed by atoms with Gasteiger partial charge < -0.3 is 10.2 Å². The number of rotatable bonds is 6. The minimum Gasteiger partial charge on any atom is -0.481 e. The molecule has 0 aliphatic rings. The minimum atomic E-state index is -3.73. The van der Waals surface area contributed by atoms with Crippen molar-refractivity contribution in [3.05, 3.63) is 29.8 Å². The van der Waals surface area contributed by atoms with Gasteiger partial charge in [-0.05, 0) is 31.5 Å². The van der Waals surface area contributed by atoms with E-state index >= 15 is 0 Å². The van der Waals surface area contributed by atoms with Crippen LogP contribution in [0.1, 0.15) is 19.4 Å². The van der Waals surface area contributed by atoms with Crippen LogP contribution in [0.25, 0.3) is 0 Å². The lowest BCUT2D eigenvalue weighted by Gasteiger charge is -2.32. The highest BCUT2D eigenvalue weighted by Crippen LogP contribution is 2.22. The maximum Gasteiger partial charge on any atom is 0.307 e. The highest BCUT2D eigenvalue weighted by molar-refractivity contribution is 7.89. The number of hydrogen-bond donors (Lipinski definition) is 2. The molecule has 1 aromatic carbocycles. The quantitative estimate of drug-likeness (QED) is 0.806. The van der Waals surface area contributed by atoms with E-state index in [2.05, 4.69) is 0 Å². The number of carboxylic acids is 1. The van der Waals surface area contributed by atoms with Crippen LogP contribution in [-0.2, 0) is 21.2 Å². The summed E-state index contributed by atoms with van der Waals surface area (Å²) in [6.07, 6.45) is -0.154. The average molecular weight is 301 g/mol. The summed E-state index contributed by atoms with van der Waals surface area (Å²) in [5.74, 6) is -0.973. The normalized spacial score (nSPS) is 12.7. The Kier molecular flexibility index (Phi) is 4.90. The van der Waals surface area contributed by atoms with Gasteiger partial charge in [0.05, 0.1) is 23.5 Å². The van der Waals surface area contributed by atoms with E-state index in [9.17, 15) is 18.3 Å². The first-order valence-electron chi connectivity index (χ1n) is 6.02. The molecule has 0 aromatic heterocycles. The summed E-state index contributed by atoms with van der Waals surface area (Å²) in [4.78, 5) is 10.6. The fraction of sp³-hybridized carbons (Fsp3) is 0.462. The van der Waals surface area contributed by atoms with Gasteiger partial charge in [-0.3, -0.25) is 4.79 Å². The fourth-order valence-electron chi connectivity index (χ4n) is 1.54. The predicted molar refractivity (Wildman–Crippen MR) is 73.9 cm³/mol. The first-order chi connectivity index (χ1) is 9.11. The van der Waals surface area contributed by atoms with Crippen LogP contribution in [0, 0.1) is 0 Å². The van der Waals surface area contributed by atoms with Crippen molar-refractivity contribution < 1.29 is 23.4 Å². The van der Waals surface area contributed by atoms with Gasteiger partial charge in [-0.15, -0.1) is 0 Å². The second-order valence-electron chi connectivity index (χ2n) is 5.16. The van der Waals surface area contributed by atoms with Gasteiger partial charge in [0.2, 0.25) is 10.0 Å². The summed E-state index contributed by atoms with van der Waals surface area (Å²) in [5, 5.41) is 17.9. The molecular weight excluding hydrogens is 282 g/mol. The summed E-state index contributed by atoms with van der Waals surface area (Å²) >= 11 is 0. The monoisotopic (exact) mass is 301 g/mol. The number of carboxylic acid groups (broad SMARTS) is 1. The van der Waals surface area contributed by atoms with E-state index in [1.54, 1.807) is 13.8 Å². The van der Waals surface area contributed by atoms with Gasteiger partial charge in [0.1, 0.15) is 0 Å². The van der Waals surface area contributed by atoms with E-state index in [0.29, 0.717) is 5.56 Å². The van der Waals surface area contributed by atoms with Crippen molar-refractivity contribution in [1.82, 2.24) is 4.31 Å². The first-order valence-corrected chi connectivity index (χ1v) is 7.46. The fourth-order valence-corrected chi connectivity index (χ4v) is 3.04. The molecule has 0 radical (unpaired) electrons. The van der Waals surface area contributed by atoms with Crippen LogP contribution in [-0.4, -0.2) is 48.1 Å². The van der Waals surface area contributed by atoms with Crippen LogP contribution in [0.3, 0.4) is 0 Å². The third-order valence-corrected chi connectivity index (χ3v) is 5.26. The molecule has 0 fully saturated rings. The number of nitrogens with zero attached hydrogens (tertiary/aromatic N) is 1. The van der Waals surface area contributed by atoms with E-state index < -0.39 is 21.5 Å². The van der Waals surface area contributed by atoms with Crippen molar-refractivity contribution in [2.24, 2.45) is 0 Å². The molecule has 0 amide bonds. The van der Waals surface area contributed by atoms with Crippen LogP contribution in [0.4, 0.5) is 0 Å². The number of likely N-dealkylation sites (N-methyl/N-ethyl adjacent to an activating group) is 1. The molecule has 0 heterocycles. The Morgan fingerprint density at radius 1 is 1.25 bits per heavy atom. The van der Waals surface area contributed by atoms with Gasteiger partial charge in [-0.2, -0.15) is 4.31 Å². The summed E-state index contributed by atoms with van der Waals surface area (Å²) in [6.45, 7) is 2.92. The maximum absolute atomic E-state index is 12.4. The maximum atomic E-state index is 12.4. The highest BCUT2D eigenvalue weighted by Gasteiger charge is 2.33. The van der Waals surface area contributed by atoms with Gasteiger partial charge in [0, 0.05) is 7.05 Å². The number of aliphatic carboxylic acids is 1. The van der Waals surface area contributed by atoms with Gasteiger partial charge >= 0.3 is 5.97 Å². The molecule has 0 saturated heterocycles. The summed E-state index contributed by atoms with van der Waals surface area (Å²) in [5.41, 5.74) is -0.390. The Hall–Kier alpha value is -1.44. The van der Waals surface area contributed by atoms with Crippen molar-refractivity contribution in [3.8, 4) is 0 Å². The minimum absolute atomic E-state index is 0.0654. The molecule has 0 unspecified atom stereocenters. The third kappa shape index (κ3) is 3.56. The number of sulfonamides is 1. The summed E-state index contributed by atoms with van der Waals surface area (Å²) in [6, 6.07) is 5.69. The molecule has 6 nitrogen and oxygen atoms in total. The van der Waals surface area contributed by atoms with Crippen molar-refractivity contribution >= 4 is 16.0 Å². The van der Waals surface area contributed by atoms with E-state index in [0.717, 1.165) is 4.31 Å². The molecule has 112 valence electrons. The van der Waals surface area contributed by atoms with Crippen molar-refractivity contribution in [2.45, 2.75) is 30.7 Å². The number of aliphatic hydroxyl groups excluding tert-OH is 1. The molecule has 2 N–H and O–H groups in total. The van der Waals surface area contributed by atoms with Gasteiger partial charge in [-0.1, -0.05) is 12.1 Å². The Morgan fingerprint density at radius 3 is 2.15 bits per heavy atom. The molecule has 1 rings (SSSR count). The van der Waals surface area contributed by atoms with Crippen LogP contribution >= 0.6 is 0 Å². The lowest BCUT2D eigenvalue weighted by atomic mass is 10.1. The molecule has 1 aromatic rings. The number of hydrogen-bond acceptors (Lipinski definition) is 4. The molecule has 0 bridgehead atoms. The summed E-state index contributed by atoms with van der Waals surface area (Å²) < 4.78 is 25.8. The van der Waals surface area contributed by atoms with Crippen molar-refractivity contribution in [1.29, 1.82) is 0 Å². The van der Waals surface area contributed by atoms with Gasteiger partial charge in [0.15, 0.2) is 0 Å². The Labute approximate surface area is 118 Å². The SMILES string of the molecule is CN(C(C)(C)CO)S(=O)(=O)c1ccc(CC(=O)O)cc1. The molecule has 0 atom stereocenters. The molecule has 7 heteroatoms. The highest BCUT2D eigenvalue weighted by atomic mass is 32.2. The number of carbonyl (C=O) groups is 1. The third-order valence-electron chi connectivity index (χ3n) is 3.18. The van der Waals surface area contributed by atoms with Crippen molar-refractivity contribution in [3.63, 3.8) is 0 Å². The second kappa shape index (κ2) is 5.90. The Balaban J connectivity index is 3.08. The van der Waals surface area contributed by atoms with E-state index in [-0.39, 0.29) is 17.9 Å². The van der Waals surface area contributed by atoms with Crippen LogP contribution in [0.2, 0.25) is 0 Å². The topological polar surface area (TPSA) is 94.9 Å². The smallest absolute Gasteiger partial charge is 0.307 e. The van der Waals surface area contributed by atoms with E-state index in [1.165, 1.54) is 31.3 Å². The largest absolute Gasteiger partial charge is 0.481 e. The Morgan fingerprint density at radius 2 is 1.75 bits per heavy atom. The zero-order valence-corrected chi connectivity index (χ0v) is 12.5. The zero-order chi connectivity index (χ0) is 15.6. The van der Waals surface area contributed by atoms with Gasteiger partial charge in [0.25, 0.3) is 0 Å². The average Bonchev–Trinajstić information content (AvgIpc) is 2.37. The second-order valence-corrected chi connectivity index (χ2v) is 7.13. The zero-order valence-electron chi connectivity index (χ0n) is 11.7. The van der Waals surface area contributed by atoms with E-state index in [4.69, 9.17) is 5.11 Å². The molecule has 0 aliphatic carbocycles. The molecule has 0 spiro atoms. The lowest BCUT2D eigenvalue weighted by molar-refractivity contribution is -0.136.